The van der Waals surface area contributed by atoms with Gasteiger partial charge in [0.25, 0.3) is 0 Å². The average molecular weight is 330 g/mol. The van der Waals surface area contributed by atoms with Gasteiger partial charge in [0.1, 0.15) is 0 Å². The van der Waals surface area contributed by atoms with Crippen LogP contribution in [0.4, 0.5) is 0 Å². The average Bonchev–Trinajstić information content (AvgIpc) is 3.08. The second-order valence-electron chi connectivity index (χ2n) is 5.96. The van der Waals surface area contributed by atoms with Crippen molar-refractivity contribution in [1.82, 2.24) is 10.2 Å². The fourth-order valence-corrected chi connectivity index (χ4v) is 3.03. The summed E-state index contributed by atoms with van der Waals surface area (Å²) >= 11 is 1.70. The Balaban J connectivity index is 1.96. The lowest BCUT2D eigenvalue weighted by Gasteiger charge is -2.23. The van der Waals surface area contributed by atoms with E-state index in [1.807, 2.05) is 29.2 Å². The first kappa shape index (κ1) is 17.7. The highest BCUT2D eigenvalue weighted by molar-refractivity contribution is 7.09. The van der Waals surface area contributed by atoms with E-state index in [-0.39, 0.29) is 5.91 Å². The van der Waals surface area contributed by atoms with Gasteiger partial charge in [-0.05, 0) is 29.5 Å². The van der Waals surface area contributed by atoms with Gasteiger partial charge in [-0.3, -0.25) is 4.79 Å². The van der Waals surface area contributed by atoms with Crippen molar-refractivity contribution in [2.75, 3.05) is 13.1 Å². The van der Waals surface area contributed by atoms with E-state index in [0.29, 0.717) is 25.6 Å². The van der Waals surface area contributed by atoms with E-state index >= 15 is 0 Å². The summed E-state index contributed by atoms with van der Waals surface area (Å²) in [4.78, 5) is 15.8. The molecule has 0 fully saturated rings. The van der Waals surface area contributed by atoms with E-state index in [1.54, 1.807) is 11.3 Å². The predicted molar refractivity (Wildman–Crippen MR) is 97.3 cm³/mol. The molecule has 1 heterocycles. The summed E-state index contributed by atoms with van der Waals surface area (Å²) in [6.07, 6.45) is 1.13. The molecular formula is C19H26N2OS. The van der Waals surface area contributed by atoms with Gasteiger partial charge in [-0.25, -0.2) is 0 Å². The van der Waals surface area contributed by atoms with Crippen molar-refractivity contribution >= 4 is 17.2 Å². The maximum absolute atomic E-state index is 12.6. The standard InChI is InChI=1S/C19H26N2OS/c1-3-16(2)12-20-13-19(22)21(15-18-10-7-11-23-18)14-17-8-5-4-6-9-17/h4-11,16,20H,3,12-15H2,1-2H3/t16-/m1/s1. The molecule has 3 nitrogen and oxygen atoms in total. The number of carbonyl (C=O) groups is 1. The zero-order valence-corrected chi connectivity index (χ0v) is 14.8. The Labute approximate surface area is 143 Å². The first-order chi connectivity index (χ1) is 11.2. The topological polar surface area (TPSA) is 32.3 Å². The van der Waals surface area contributed by atoms with E-state index in [0.717, 1.165) is 13.0 Å². The van der Waals surface area contributed by atoms with Gasteiger partial charge in [-0.1, -0.05) is 56.7 Å². The minimum atomic E-state index is 0.158. The first-order valence-electron chi connectivity index (χ1n) is 8.23. The Morgan fingerprint density at radius 2 is 1.96 bits per heavy atom. The molecule has 1 atom stereocenters. The number of benzene rings is 1. The largest absolute Gasteiger partial charge is 0.332 e. The van der Waals surface area contributed by atoms with E-state index in [9.17, 15) is 4.79 Å². The lowest BCUT2D eigenvalue weighted by molar-refractivity contribution is -0.131. The summed E-state index contributed by atoms with van der Waals surface area (Å²) in [6.45, 7) is 7.00. The third-order valence-electron chi connectivity index (χ3n) is 3.96. The minimum absolute atomic E-state index is 0.158. The molecule has 1 amide bonds. The van der Waals surface area contributed by atoms with Crippen LogP contribution < -0.4 is 5.32 Å². The molecule has 23 heavy (non-hydrogen) atoms. The Kier molecular flexibility index (Phi) is 7.30. The van der Waals surface area contributed by atoms with E-state index < -0.39 is 0 Å². The molecule has 0 radical (unpaired) electrons. The van der Waals surface area contributed by atoms with Gasteiger partial charge in [0.2, 0.25) is 5.91 Å². The van der Waals surface area contributed by atoms with Crippen molar-refractivity contribution in [3.63, 3.8) is 0 Å². The first-order valence-corrected chi connectivity index (χ1v) is 9.11. The zero-order valence-electron chi connectivity index (χ0n) is 14.0. The maximum atomic E-state index is 12.6. The third kappa shape index (κ3) is 6.16. The van der Waals surface area contributed by atoms with Crippen LogP contribution in [-0.2, 0) is 17.9 Å². The fraction of sp³-hybridized carbons (Fsp3) is 0.421. The van der Waals surface area contributed by atoms with Crippen molar-refractivity contribution in [3.05, 3.63) is 58.3 Å². The van der Waals surface area contributed by atoms with Gasteiger partial charge in [0.05, 0.1) is 13.1 Å². The Bertz CT molecular complexity index is 568. The highest BCUT2D eigenvalue weighted by Crippen LogP contribution is 2.14. The Hall–Kier alpha value is -1.65. The van der Waals surface area contributed by atoms with Crippen LogP contribution in [0.2, 0.25) is 0 Å². The van der Waals surface area contributed by atoms with Crippen LogP contribution in [0.5, 0.6) is 0 Å². The lowest BCUT2D eigenvalue weighted by atomic mass is 10.1. The van der Waals surface area contributed by atoms with Crippen LogP contribution in [0.15, 0.2) is 47.8 Å². The summed E-state index contributed by atoms with van der Waals surface area (Å²) in [5.41, 5.74) is 1.17. The summed E-state index contributed by atoms with van der Waals surface area (Å²) in [6, 6.07) is 14.3. The molecule has 0 saturated carbocycles. The van der Waals surface area contributed by atoms with Crippen molar-refractivity contribution in [2.45, 2.75) is 33.4 Å². The molecule has 124 valence electrons. The van der Waals surface area contributed by atoms with Gasteiger partial charge in [-0.2, -0.15) is 0 Å². The lowest BCUT2D eigenvalue weighted by Crippen LogP contribution is -2.38. The Morgan fingerprint density at radius 3 is 2.61 bits per heavy atom. The molecule has 0 aliphatic heterocycles. The number of nitrogens with one attached hydrogen (secondary N) is 1. The predicted octanol–water partition coefficient (Wildman–Crippen LogP) is 3.91. The Morgan fingerprint density at radius 1 is 1.17 bits per heavy atom. The molecular weight excluding hydrogens is 304 g/mol. The SMILES string of the molecule is CC[C@@H](C)CNCC(=O)N(Cc1ccccc1)Cc1cccs1. The monoisotopic (exact) mass is 330 g/mol. The molecule has 4 heteroatoms. The molecule has 1 N–H and O–H groups in total. The molecule has 1 aromatic carbocycles. The quantitative estimate of drug-likeness (QED) is 0.756. The van der Waals surface area contributed by atoms with Crippen LogP contribution in [0, 0.1) is 5.92 Å². The highest BCUT2D eigenvalue weighted by Gasteiger charge is 2.15. The second kappa shape index (κ2) is 9.48. The van der Waals surface area contributed by atoms with Crippen LogP contribution >= 0.6 is 11.3 Å². The van der Waals surface area contributed by atoms with Crippen molar-refractivity contribution in [1.29, 1.82) is 0 Å². The van der Waals surface area contributed by atoms with Crippen molar-refractivity contribution in [3.8, 4) is 0 Å². The molecule has 0 unspecified atom stereocenters. The van der Waals surface area contributed by atoms with Gasteiger partial charge >= 0.3 is 0 Å². The molecule has 0 bridgehead atoms. The van der Waals surface area contributed by atoms with Gasteiger partial charge in [0.15, 0.2) is 0 Å². The van der Waals surface area contributed by atoms with Crippen LogP contribution in [0.3, 0.4) is 0 Å². The maximum Gasteiger partial charge on any atom is 0.237 e. The number of rotatable bonds is 9. The van der Waals surface area contributed by atoms with Gasteiger partial charge in [0, 0.05) is 11.4 Å². The van der Waals surface area contributed by atoms with Gasteiger partial charge < -0.3 is 10.2 Å². The molecule has 2 rings (SSSR count). The fourth-order valence-electron chi connectivity index (χ4n) is 2.31. The summed E-state index contributed by atoms with van der Waals surface area (Å²) in [5.74, 6) is 0.758. The van der Waals surface area contributed by atoms with E-state index in [2.05, 4.69) is 42.7 Å². The van der Waals surface area contributed by atoms with Crippen LogP contribution in [0.25, 0.3) is 0 Å². The number of hydrogen-bond acceptors (Lipinski definition) is 3. The smallest absolute Gasteiger partial charge is 0.237 e. The molecule has 0 aliphatic carbocycles. The molecule has 0 saturated heterocycles. The number of nitrogens with zero attached hydrogens (tertiary/aromatic N) is 1. The normalized spacial score (nSPS) is 12.1. The molecule has 0 aliphatic rings. The molecule has 0 spiro atoms. The number of carbonyl (C=O) groups excluding carboxylic acids is 1. The van der Waals surface area contributed by atoms with Crippen LogP contribution in [-0.4, -0.2) is 23.9 Å². The highest BCUT2D eigenvalue weighted by atomic mass is 32.1. The number of amides is 1. The molecule has 2 aromatic rings. The third-order valence-corrected chi connectivity index (χ3v) is 4.82. The van der Waals surface area contributed by atoms with E-state index in [4.69, 9.17) is 0 Å². The number of hydrogen-bond donors (Lipinski definition) is 1. The summed E-state index contributed by atoms with van der Waals surface area (Å²) < 4.78 is 0. The number of thiophene rings is 1. The second-order valence-corrected chi connectivity index (χ2v) is 6.99. The zero-order chi connectivity index (χ0) is 16.5. The molecule has 1 aromatic heterocycles. The van der Waals surface area contributed by atoms with Crippen molar-refractivity contribution < 1.29 is 4.79 Å². The van der Waals surface area contributed by atoms with Gasteiger partial charge in [-0.15, -0.1) is 11.3 Å². The summed E-state index contributed by atoms with van der Waals surface area (Å²) in [5, 5.41) is 5.35. The minimum Gasteiger partial charge on any atom is -0.332 e. The van der Waals surface area contributed by atoms with Crippen LogP contribution in [0.1, 0.15) is 30.7 Å². The van der Waals surface area contributed by atoms with Crippen molar-refractivity contribution in [2.24, 2.45) is 5.92 Å². The van der Waals surface area contributed by atoms with E-state index in [1.165, 1.54) is 10.4 Å². The summed E-state index contributed by atoms with van der Waals surface area (Å²) in [7, 11) is 0.